The lowest BCUT2D eigenvalue weighted by Gasteiger charge is -2.31. The van der Waals surface area contributed by atoms with E-state index < -0.39 is 210 Å². The Morgan fingerprint density at radius 2 is 0.883 bits per heavy atom. The number of aliphatic carboxylic acids is 4. The van der Waals surface area contributed by atoms with Gasteiger partial charge in [-0.1, -0.05) is 30.3 Å². The number of rotatable bonds is 15. The second-order valence-corrected chi connectivity index (χ2v) is 32.6. The summed E-state index contributed by atoms with van der Waals surface area (Å²) in [4.78, 5) is 143. The fourth-order valence-corrected chi connectivity index (χ4v) is 19.4. The first kappa shape index (κ1) is 73.9. The lowest BCUT2D eigenvalue weighted by atomic mass is 9.78. The lowest BCUT2D eigenvalue weighted by molar-refractivity contribution is -0.151. The molecular formula is C70H64I4O29. The number of ether oxygens (including phenoxy) is 13. The minimum absolute atomic E-state index is 0.0623. The Morgan fingerprint density at radius 1 is 0.466 bits per heavy atom. The first-order valence-electron chi connectivity index (χ1n) is 32.8. The van der Waals surface area contributed by atoms with E-state index >= 15 is 0 Å². The van der Waals surface area contributed by atoms with Crippen molar-refractivity contribution in [1.82, 2.24) is 0 Å². The molecule has 6 saturated heterocycles. The van der Waals surface area contributed by atoms with Crippen molar-refractivity contribution in [2.45, 2.75) is 126 Å². The van der Waals surface area contributed by atoms with Gasteiger partial charge in [-0.05, 0) is 220 Å². The molecule has 4 aromatic rings. The first-order chi connectivity index (χ1) is 48.8. The Balaban J connectivity index is 0.000000122. The van der Waals surface area contributed by atoms with E-state index in [9.17, 15) is 78.0 Å². The van der Waals surface area contributed by atoms with Gasteiger partial charge in [0.2, 0.25) is 0 Å². The molecule has 6 aliphatic heterocycles. The maximum atomic E-state index is 12.4. The van der Waals surface area contributed by atoms with Crippen molar-refractivity contribution in [3.8, 4) is 5.75 Å². The number of aryl methyl sites for hydroxylation is 1. The van der Waals surface area contributed by atoms with Gasteiger partial charge in [0.1, 0.15) is 84.7 Å². The van der Waals surface area contributed by atoms with Crippen LogP contribution in [0.1, 0.15) is 68.4 Å². The van der Waals surface area contributed by atoms with Crippen molar-refractivity contribution in [2.24, 2.45) is 82.9 Å². The number of carboxylic acids is 4. The molecule has 0 spiro atoms. The Kier molecular flexibility index (Phi) is 20.9. The maximum Gasteiger partial charge on any atom is 0.514 e. The highest BCUT2D eigenvalue weighted by Crippen LogP contribution is 2.62. The van der Waals surface area contributed by atoms with Crippen LogP contribution in [0.2, 0.25) is 0 Å². The lowest BCUT2D eigenvalue weighted by Crippen LogP contribution is -2.47. The predicted molar refractivity (Wildman–Crippen MR) is 373 cm³/mol. The molecule has 16 rings (SSSR count). The molecule has 0 aromatic heterocycles. The summed E-state index contributed by atoms with van der Waals surface area (Å²) in [5, 5.41) is 37.7. The van der Waals surface area contributed by atoms with Gasteiger partial charge in [-0.15, -0.1) is 0 Å². The molecule has 12 fully saturated rings. The van der Waals surface area contributed by atoms with Crippen LogP contribution in [0.3, 0.4) is 0 Å². The van der Waals surface area contributed by atoms with E-state index in [0.29, 0.717) is 25.0 Å². The average molecular weight is 1880 g/mol. The first-order valence-corrected chi connectivity index (χ1v) is 37.1. The SMILES string of the molecule is CC(C)(OC(=O)OC1C2CC3C1OC(=O)C3C2C(=O)O)c1ccc(I)cc1.CC(OC(=O)OC1C2CC3C1OC(=O)C3C2C(=O)O)c1ccc(I)cc1.Cc1cc(I)cc(COC(=O)OC2C3CC4C2OC(=O)C4C3C(=O)O)c1.O=C(Oc1ccc(I)cc1)OC1C2OC(=O)C3C2OC1C3C(=O)O. The van der Waals surface area contributed by atoms with E-state index in [1.165, 1.54) is 0 Å². The van der Waals surface area contributed by atoms with E-state index in [2.05, 4.69) is 90.4 Å². The smallest absolute Gasteiger partial charge is 0.481 e. The van der Waals surface area contributed by atoms with Gasteiger partial charge in [-0.2, -0.15) is 0 Å². The van der Waals surface area contributed by atoms with Gasteiger partial charge in [-0.25, -0.2) is 19.2 Å². The van der Waals surface area contributed by atoms with Crippen LogP contribution in [-0.2, 0) is 107 Å². The molecule has 6 heterocycles. The number of carbonyl (C=O) groups excluding carboxylic acids is 8. The summed E-state index contributed by atoms with van der Waals surface area (Å²) >= 11 is 8.68. The van der Waals surface area contributed by atoms with Gasteiger partial charge in [-0.3, -0.25) is 38.4 Å². The third kappa shape index (κ3) is 14.2. The summed E-state index contributed by atoms with van der Waals surface area (Å²) < 4.78 is 73.3. The van der Waals surface area contributed by atoms with Gasteiger partial charge in [0.05, 0.1) is 35.5 Å². The minimum Gasteiger partial charge on any atom is -0.481 e. The number of carboxylic acid groups (broad SMARTS) is 4. The van der Waals surface area contributed by atoms with Crippen LogP contribution in [0.4, 0.5) is 19.2 Å². The fourth-order valence-electron chi connectivity index (χ4n) is 17.5. The zero-order valence-corrected chi connectivity index (χ0v) is 63.1. The highest BCUT2D eigenvalue weighted by Gasteiger charge is 2.74. The second-order valence-electron chi connectivity index (χ2n) is 27.7. The standard InChI is InChI=1S/C19H19IO7.2C18H17IO7.C15H11IO8/c1-19(2,8-3-5-9(20)6-4-8)27-18(24)26-15-10-7-11-13(12(10)16(21)22)17(23)25-14(11)15;1-7-2-8(4-9(19)3-7)6-24-18(23)26-15-10-5-11-13(12(10)16(20)21)17(22)25-14(11)15;1-7(8-2-4-9(19)5-3-8)24-18(23)26-15-10-6-11-13(12(10)16(20)21)17(22)25-14(11)15;16-5-1-3-6(4-2-5)21-15(20)24-12-9-7(13(17)18)8-10(22-9)11(12)23-14(8)19/h3-6,10-15H,7H2,1-2H3,(H,21,22);2-4,10-15H,5-6H2,1H3,(H,20,21);2-5,7,10-15H,6H2,1H3,(H,20,21);1-4,7-12H,(H,17,18). The Bertz CT molecular complexity index is 4090. The molecular weight excluding hydrogens is 1810 g/mol. The molecule has 0 radical (unpaired) electrons. The Labute approximate surface area is 639 Å². The van der Waals surface area contributed by atoms with Gasteiger partial charge in [0, 0.05) is 49.8 Å². The normalized spacial score (nSPS) is 34.5. The molecule has 4 N–H and O–H groups in total. The molecule has 25 unspecified atom stereocenters. The van der Waals surface area contributed by atoms with Crippen molar-refractivity contribution < 1.29 is 140 Å². The van der Waals surface area contributed by atoms with Crippen LogP contribution in [0.5, 0.6) is 5.75 Å². The van der Waals surface area contributed by atoms with Crippen LogP contribution in [-0.4, -0.2) is 154 Å². The number of esters is 4. The summed E-state index contributed by atoms with van der Waals surface area (Å²) in [6.45, 7) is 7.25. The van der Waals surface area contributed by atoms with Gasteiger partial charge in [0.25, 0.3) is 0 Å². The molecule has 546 valence electrons. The summed E-state index contributed by atoms with van der Waals surface area (Å²) in [7, 11) is 0. The summed E-state index contributed by atoms with van der Waals surface area (Å²) in [6.07, 6.45) is -9.97. The predicted octanol–water partition coefficient (Wildman–Crippen LogP) is 9.42. The fraction of sp³-hybridized carbons (Fsp3) is 0.486. The third-order valence-corrected chi connectivity index (χ3v) is 24.4. The number of fused-ring (bicyclic) bond motifs is 4. The summed E-state index contributed by atoms with van der Waals surface area (Å²) in [5.74, 6) is -14.4. The third-order valence-electron chi connectivity index (χ3n) is 21.6. The highest BCUT2D eigenvalue weighted by atomic mass is 127. The van der Waals surface area contributed by atoms with E-state index in [1.807, 2.05) is 73.7 Å². The van der Waals surface area contributed by atoms with Crippen molar-refractivity contribution in [2.75, 3.05) is 0 Å². The van der Waals surface area contributed by atoms with E-state index in [1.54, 1.807) is 45.0 Å². The van der Waals surface area contributed by atoms with Gasteiger partial charge < -0.3 is 82.0 Å². The van der Waals surface area contributed by atoms with Crippen molar-refractivity contribution in [3.63, 3.8) is 0 Å². The number of benzene rings is 4. The monoisotopic (exact) mass is 1880 g/mol. The zero-order valence-electron chi connectivity index (χ0n) is 54.4. The summed E-state index contributed by atoms with van der Waals surface area (Å²) in [6, 6.07) is 27.7. The number of hydrogen-bond donors (Lipinski definition) is 4. The highest BCUT2D eigenvalue weighted by molar-refractivity contribution is 14.1. The topological polar surface area (TPSA) is 406 Å². The van der Waals surface area contributed by atoms with Crippen molar-refractivity contribution in [1.29, 1.82) is 0 Å². The molecule has 25 atom stereocenters. The molecule has 6 aliphatic carbocycles. The number of halogens is 4. The van der Waals surface area contributed by atoms with E-state index in [4.69, 9.17) is 61.6 Å². The Morgan fingerprint density at radius 3 is 1.35 bits per heavy atom. The van der Waals surface area contributed by atoms with Gasteiger partial charge >= 0.3 is 72.4 Å². The average Bonchev–Trinajstić information content (AvgIpc) is 1.58. The minimum atomic E-state index is -1.18. The van der Waals surface area contributed by atoms with Crippen LogP contribution in [0, 0.1) is 104 Å². The van der Waals surface area contributed by atoms with Crippen LogP contribution in [0.25, 0.3) is 0 Å². The Hall–Kier alpha value is -7.40. The van der Waals surface area contributed by atoms with E-state index in [0.717, 1.165) is 36.5 Å². The van der Waals surface area contributed by atoms with Crippen molar-refractivity contribution >= 4 is 163 Å². The molecule has 0 amide bonds. The van der Waals surface area contributed by atoms with Crippen LogP contribution in [0.15, 0.2) is 91.0 Å². The molecule has 12 aliphatic rings. The van der Waals surface area contributed by atoms with Gasteiger partial charge in [0.15, 0.2) is 12.2 Å². The van der Waals surface area contributed by atoms with Crippen LogP contribution < -0.4 is 4.74 Å². The van der Waals surface area contributed by atoms with Crippen LogP contribution >= 0.6 is 90.4 Å². The number of carbonyl (C=O) groups is 12. The van der Waals surface area contributed by atoms with E-state index in [-0.39, 0.29) is 24.4 Å². The second kappa shape index (κ2) is 29.2. The zero-order chi connectivity index (χ0) is 73.7. The molecule has 8 bridgehead atoms. The summed E-state index contributed by atoms with van der Waals surface area (Å²) in [5.41, 5.74) is 2.62. The van der Waals surface area contributed by atoms with Crippen molar-refractivity contribution in [3.05, 3.63) is 128 Å². The quantitative estimate of drug-likeness (QED) is 0.0372. The molecule has 6 saturated carbocycles. The molecule has 4 aromatic carbocycles. The molecule has 33 heteroatoms. The number of hydrogen-bond acceptors (Lipinski definition) is 25. The molecule has 103 heavy (non-hydrogen) atoms. The maximum absolute atomic E-state index is 12.4. The largest absolute Gasteiger partial charge is 0.514 e. The molecule has 29 nitrogen and oxygen atoms in total.